The maximum atomic E-state index is 11.1. The second kappa shape index (κ2) is 5.84. The molecule has 21 heavy (non-hydrogen) atoms. The van der Waals surface area contributed by atoms with E-state index in [1.54, 1.807) is 0 Å². The third kappa shape index (κ3) is 2.91. The van der Waals surface area contributed by atoms with E-state index in [2.05, 4.69) is 24.4 Å². The molecule has 0 aliphatic carbocycles. The van der Waals surface area contributed by atoms with Crippen LogP contribution in [0.4, 0.5) is 10.5 Å². The fraction of sp³-hybridized carbons (Fsp3) is 0.562. The lowest BCUT2D eigenvalue weighted by Gasteiger charge is -2.28. The van der Waals surface area contributed by atoms with Crippen LogP contribution < -0.4 is 10.1 Å². The molecule has 2 heterocycles. The molecule has 1 atom stereocenters. The normalized spacial score (nSPS) is 20.6. The number of ether oxygens (including phenoxy) is 1. The SMILES string of the molecule is CCC[C@@H]1COc2cc3c(cc2N1)CCN(C(=O)O)CC3. The van der Waals surface area contributed by atoms with Crippen LogP contribution in [0.1, 0.15) is 30.9 Å². The highest BCUT2D eigenvalue weighted by atomic mass is 16.5. The first-order chi connectivity index (χ1) is 10.2. The first-order valence-corrected chi connectivity index (χ1v) is 7.70. The number of hydrogen-bond donors (Lipinski definition) is 2. The van der Waals surface area contributed by atoms with Crippen molar-refractivity contribution in [2.24, 2.45) is 0 Å². The zero-order valence-electron chi connectivity index (χ0n) is 12.4. The highest BCUT2D eigenvalue weighted by Gasteiger charge is 2.23. The molecule has 3 rings (SSSR count). The van der Waals surface area contributed by atoms with E-state index in [0.717, 1.165) is 37.1 Å². The lowest BCUT2D eigenvalue weighted by Crippen LogP contribution is -2.31. The monoisotopic (exact) mass is 290 g/mol. The summed E-state index contributed by atoms with van der Waals surface area (Å²) in [7, 11) is 0. The molecule has 2 N–H and O–H groups in total. The average molecular weight is 290 g/mol. The number of anilines is 1. The molecule has 114 valence electrons. The smallest absolute Gasteiger partial charge is 0.407 e. The van der Waals surface area contributed by atoms with E-state index in [0.29, 0.717) is 25.7 Å². The summed E-state index contributed by atoms with van der Waals surface area (Å²) in [6.07, 6.45) is 2.94. The Kier molecular flexibility index (Phi) is 3.90. The summed E-state index contributed by atoms with van der Waals surface area (Å²) >= 11 is 0. The van der Waals surface area contributed by atoms with Crippen LogP contribution in [0, 0.1) is 0 Å². The maximum Gasteiger partial charge on any atom is 0.407 e. The molecule has 1 amide bonds. The van der Waals surface area contributed by atoms with Gasteiger partial charge in [-0.05, 0) is 42.5 Å². The molecular formula is C16H22N2O3. The fourth-order valence-corrected chi connectivity index (χ4v) is 3.13. The fourth-order valence-electron chi connectivity index (χ4n) is 3.13. The van der Waals surface area contributed by atoms with Gasteiger partial charge in [0.25, 0.3) is 0 Å². The number of amides is 1. The highest BCUT2D eigenvalue weighted by molar-refractivity contribution is 5.66. The largest absolute Gasteiger partial charge is 0.489 e. The van der Waals surface area contributed by atoms with E-state index in [-0.39, 0.29) is 0 Å². The highest BCUT2D eigenvalue weighted by Crippen LogP contribution is 2.34. The number of hydrogen-bond acceptors (Lipinski definition) is 3. The molecule has 0 fully saturated rings. The van der Waals surface area contributed by atoms with Gasteiger partial charge >= 0.3 is 6.09 Å². The van der Waals surface area contributed by atoms with Crippen LogP contribution in [0.5, 0.6) is 5.75 Å². The van der Waals surface area contributed by atoms with Crippen LogP contribution in [0.15, 0.2) is 12.1 Å². The summed E-state index contributed by atoms with van der Waals surface area (Å²) in [5, 5.41) is 12.7. The van der Waals surface area contributed by atoms with E-state index in [4.69, 9.17) is 9.84 Å². The minimum absolute atomic E-state index is 0.377. The Morgan fingerprint density at radius 3 is 2.76 bits per heavy atom. The number of nitrogens with zero attached hydrogens (tertiary/aromatic N) is 1. The molecule has 2 aliphatic rings. The minimum atomic E-state index is -0.829. The van der Waals surface area contributed by atoms with Crippen molar-refractivity contribution in [3.05, 3.63) is 23.3 Å². The van der Waals surface area contributed by atoms with E-state index in [9.17, 15) is 4.79 Å². The molecule has 5 nitrogen and oxygen atoms in total. The van der Waals surface area contributed by atoms with Crippen molar-refractivity contribution < 1.29 is 14.6 Å². The average Bonchev–Trinajstić information content (AvgIpc) is 2.67. The summed E-state index contributed by atoms with van der Waals surface area (Å²) in [6, 6.07) is 4.62. The van der Waals surface area contributed by atoms with Gasteiger partial charge in [0, 0.05) is 13.1 Å². The second-order valence-electron chi connectivity index (χ2n) is 5.83. The lowest BCUT2D eigenvalue weighted by molar-refractivity contribution is 0.147. The van der Waals surface area contributed by atoms with Crippen LogP contribution in [-0.2, 0) is 12.8 Å². The van der Waals surface area contributed by atoms with Gasteiger partial charge in [-0.3, -0.25) is 0 Å². The van der Waals surface area contributed by atoms with E-state index in [1.165, 1.54) is 16.0 Å². The van der Waals surface area contributed by atoms with Crippen molar-refractivity contribution in [3.8, 4) is 5.75 Å². The molecule has 0 radical (unpaired) electrons. The molecule has 1 aromatic rings. The van der Waals surface area contributed by atoms with E-state index in [1.807, 2.05) is 0 Å². The summed E-state index contributed by atoms with van der Waals surface area (Å²) < 4.78 is 5.88. The summed E-state index contributed by atoms with van der Waals surface area (Å²) in [4.78, 5) is 12.6. The molecular weight excluding hydrogens is 268 g/mol. The summed E-state index contributed by atoms with van der Waals surface area (Å²) in [6.45, 7) is 4.02. The Bertz CT molecular complexity index is 545. The number of benzene rings is 1. The second-order valence-corrected chi connectivity index (χ2v) is 5.83. The number of nitrogens with one attached hydrogen (secondary N) is 1. The van der Waals surface area contributed by atoms with Crippen molar-refractivity contribution >= 4 is 11.8 Å². The Labute approximate surface area is 124 Å². The van der Waals surface area contributed by atoms with E-state index >= 15 is 0 Å². The lowest BCUT2D eigenvalue weighted by atomic mass is 10.00. The molecule has 0 bridgehead atoms. The zero-order valence-corrected chi connectivity index (χ0v) is 12.4. The van der Waals surface area contributed by atoms with Gasteiger partial charge in [-0.1, -0.05) is 13.3 Å². The van der Waals surface area contributed by atoms with Gasteiger partial charge in [0.2, 0.25) is 0 Å². The third-order valence-corrected chi connectivity index (χ3v) is 4.31. The molecule has 2 aliphatic heterocycles. The molecule has 0 saturated heterocycles. The van der Waals surface area contributed by atoms with Crippen molar-refractivity contribution in [1.29, 1.82) is 0 Å². The maximum absolute atomic E-state index is 11.1. The van der Waals surface area contributed by atoms with Gasteiger partial charge < -0.3 is 20.1 Å². The van der Waals surface area contributed by atoms with Crippen molar-refractivity contribution in [2.75, 3.05) is 25.0 Å². The number of carboxylic acid groups (broad SMARTS) is 1. The summed E-state index contributed by atoms with van der Waals surface area (Å²) in [5.74, 6) is 0.907. The van der Waals surface area contributed by atoms with Gasteiger partial charge in [-0.2, -0.15) is 0 Å². The molecule has 0 unspecified atom stereocenters. The van der Waals surface area contributed by atoms with Crippen LogP contribution in [0.3, 0.4) is 0 Å². The third-order valence-electron chi connectivity index (χ3n) is 4.31. The van der Waals surface area contributed by atoms with Crippen LogP contribution in [0.25, 0.3) is 0 Å². The van der Waals surface area contributed by atoms with Gasteiger partial charge in [0.1, 0.15) is 12.4 Å². The van der Waals surface area contributed by atoms with Gasteiger partial charge in [0.15, 0.2) is 0 Å². The van der Waals surface area contributed by atoms with Crippen molar-refractivity contribution in [1.82, 2.24) is 4.90 Å². The van der Waals surface area contributed by atoms with Crippen LogP contribution in [-0.4, -0.2) is 41.8 Å². The minimum Gasteiger partial charge on any atom is -0.489 e. The standard InChI is InChI=1S/C16H22N2O3/c1-2-3-13-10-21-15-9-12-5-7-18(16(19)20)6-4-11(12)8-14(15)17-13/h8-9,13,17H,2-7,10H2,1H3,(H,19,20)/t13-/m1/s1. The van der Waals surface area contributed by atoms with Gasteiger partial charge in [-0.15, -0.1) is 0 Å². The van der Waals surface area contributed by atoms with Gasteiger partial charge in [-0.25, -0.2) is 4.79 Å². The van der Waals surface area contributed by atoms with Gasteiger partial charge in [0.05, 0.1) is 11.7 Å². The Morgan fingerprint density at radius 1 is 1.38 bits per heavy atom. The van der Waals surface area contributed by atoms with Crippen LogP contribution in [0.2, 0.25) is 0 Å². The summed E-state index contributed by atoms with van der Waals surface area (Å²) in [5.41, 5.74) is 3.52. The number of fused-ring (bicyclic) bond motifs is 2. The van der Waals surface area contributed by atoms with Crippen molar-refractivity contribution in [3.63, 3.8) is 0 Å². The molecule has 5 heteroatoms. The zero-order chi connectivity index (χ0) is 14.8. The Balaban J connectivity index is 1.81. The Hall–Kier alpha value is -1.91. The van der Waals surface area contributed by atoms with Crippen molar-refractivity contribution in [2.45, 2.75) is 38.6 Å². The first-order valence-electron chi connectivity index (χ1n) is 7.70. The predicted octanol–water partition coefficient (Wildman–Crippen LogP) is 2.74. The van der Waals surface area contributed by atoms with Crippen LogP contribution >= 0.6 is 0 Å². The number of rotatable bonds is 2. The number of carbonyl (C=O) groups is 1. The first kappa shape index (κ1) is 14.0. The quantitative estimate of drug-likeness (QED) is 0.879. The molecule has 0 aromatic heterocycles. The molecule has 0 spiro atoms. The van der Waals surface area contributed by atoms with E-state index < -0.39 is 6.09 Å². The Morgan fingerprint density at radius 2 is 2.10 bits per heavy atom. The molecule has 1 aromatic carbocycles. The molecule has 0 saturated carbocycles. The topological polar surface area (TPSA) is 61.8 Å². The predicted molar refractivity (Wildman–Crippen MR) is 81.3 cm³/mol.